The van der Waals surface area contributed by atoms with Crippen LogP contribution < -0.4 is 0 Å². The molecule has 0 unspecified atom stereocenters. The lowest BCUT2D eigenvalue weighted by molar-refractivity contribution is -0.136. The maximum atomic E-state index is 12.6. The molecular formula is C23H29NOS. The molecule has 0 amide bonds. The fourth-order valence-electron chi connectivity index (χ4n) is 7.66. The Balaban J connectivity index is 1.52. The third-order valence-electron chi connectivity index (χ3n) is 9.14. The molecule has 26 heavy (non-hydrogen) atoms. The van der Waals surface area contributed by atoms with E-state index >= 15 is 0 Å². The third-order valence-corrected chi connectivity index (χ3v) is 10.3. The van der Waals surface area contributed by atoms with Crippen LogP contribution in [0.5, 0.6) is 0 Å². The summed E-state index contributed by atoms with van der Waals surface area (Å²) in [5.41, 5.74) is 2.71. The fraction of sp³-hybridized carbons (Fsp3) is 0.739. The predicted octanol–water partition coefficient (Wildman–Crippen LogP) is 5.45. The van der Waals surface area contributed by atoms with Gasteiger partial charge in [-0.2, -0.15) is 5.26 Å². The molecule has 0 bridgehead atoms. The molecule has 6 atom stereocenters. The highest BCUT2D eigenvalue weighted by molar-refractivity contribution is 7.12. The summed E-state index contributed by atoms with van der Waals surface area (Å²) in [5.74, 6) is 3.42. The molecule has 138 valence electrons. The first kappa shape index (κ1) is 17.0. The molecule has 1 aromatic heterocycles. The molecule has 1 aromatic rings. The molecule has 4 aliphatic carbocycles. The van der Waals surface area contributed by atoms with Gasteiger partial charge in [-0.25, -0.2) is 0 Å². The number of nitriles is 1. The number of aryl methyl sites for hydroxylation is 1. The number of hydrogen-bond donors (Lipinski definition) is 0. The van der Waals surface area contributed by atoms with Crippen molar-refractivity contribution in [1.82, 2.24) is 0 Å². The summed E-state index contributed by atoms with van der Waals surface area (Å²) in [6.07, 6.45) is 9.18. The number of rotatable bonds is 0. The van der Waals surface area contributed by atoms with Gasteiger partial charge in [-0.3, -0.25) is 4.79 Å². The van der Waals surface area contributed by atoms with Gasteiger partial charge in [-0.15, -0.1) is 11.3 Å². The monoisotopic (exact) mass is 367 g/mol. The molecule has 0 saturated heterocycles. The van der Waals surface area contributed by atoms with Crippen LogP contribution in [-0.4, -0.2) is 5.78 Å². The van der Waals surface area contributed by atoms with E-state index in [1.807, 2.05) is 11.3 Å². The largest absolute Gasteiger partial charge is 0.299 e. The summed E-state index contributed by atoms with van der Waals surface area (Å²) >= 11 is 1.88. The number of hydrogen-bond acceptors (Lipinski definition) is 3. The molecule has 1 heterocycles. The topological polar surface area (TPSA) is 40.9 Å². The van der Waals surface area contributed by atoms with E-state index in [9.17, 15) is 10.1 Å². The van der Waals surface area contributed by atoms with Gasteiger partial charge in [-0.1, -0.05) is 13.8 Å². The zero-order chi connectivity index (χ0) is 18.3. The summed E-state index contributed by atoms with van der Waals surface area (Å²) in [5, 5.41) is 9.59. The Morgan fingerprint density at radius 3 is 2.73 bits per heavy atom. The minimum atomic E-state index is -0.0162. The van der Waals surface area contributed by atoms with Gasteiger partial charge in [0, 0.05) is 21.6 Å². The summed E-state index contributed by atoms with van der Waals surface area (Å²) in [6.45, 7) is 6.95. The SMILES string of the molecule is Cc1sc2c(c1C#N)C[C@@H]1CC[C@H]3[C@H](CC[C@@]4(C)C(=O)CC[C@@H]34)[C@]1(C)C2. The van der Waals surface area contributed by atoms with E-state index in [0.717, 1.165) is 49.0 Å². The van der Waals surface area contributed by atoms with Crippen LogP contribution in [0.4, 0.5) is 0 Å². The van der Waals surface area contributed by atoms with Gasteiger partial charge in [0.25, 0.3) is 0 Å². The second-order valence-corrected chi connectivity index (χ2v) is 11.3. The fourth-order valence-corrected chi connectivity index (χ4v) is 9.00. The summed E-state index contributed by atoms with van der Waals surface area (Å²) < 4.78 is 0. The maximum Gasteiger partial charge on any atom is 0.139 e. The van der Waals surface area contributed by atoms with E-state index in [-0.39, 0.29) is 5.41 Å². The normalized spacial score (nSPS) is 43.8. The first-order valence-electron chi connectivity index (χ1n) is 10.4. The maximum absolute atomic E-state index is 12.6. The summed E-state index contributed by atoms with van der Waals surface area (Å²) in [7, 11) is 0. The number of thiophene rings is 1. The number of ketones is 1. The van der Waals surface area contributed by atoms with Crippen molar-refractivity contribution < 1.29 is 4.79 Å². The zero-order valence-corrected chi connectivity index (χ0v) is 17.0. The Hall–Kier alpha value is -1.14. The molecule has 3 heteroatoms. The highest BCUT2D eigenvalue weighted by Crippen LogP contribution is 2.65. The Bertz CT molecular complexity index is 832. The van der Waals surface area contributed by atoms with E-state index in [1.165, 1.54) is 41.0 Å². The highest BCUT2D eigenvalue weighted by Gasteiger charge is 2.60. The van der Waals surface area contributed by atoms with Crippen LogP contribution in [0.25, 0.3) is 0 Å². The van der Waals surface area contributed by atoms with Crippen molar-refractivity contribution in [2.75, 3.05) is 0 Å². The quantitative estimate of drug-likeness (QED) is 0.611. The molecular weight excluding hydrogens is 338 g/mol. The smallest absolute Gasteiger partial charge is 0.139 e. The molecule has 0 radical (unpaired) electrons. The van der Waals surface area contributed by atoms with Crippen molar-refractivity contribution in [2.24, 2.45) is 34.5 Å². The average Bonchev–Trinajstić information content (AvgIpc) is 3.07. The molecule has 3 fully saturated rings. The van der Waals surface area contributed by atoms with Crippen LogP contribution in [0.2, 0.25) is 0 Å². The van der Waals surface area contributed by atoms with Crippen LogP contribution >= 0.6 is 11.3 Å². The molecule has 3 saturated carbocycles. The van der Waals surface area contributed by atoms with Crippen LogP contribution in [0.3, 0.4) is 0 Å². The summed E-state index contributed by atoms with van der Waals surface area (Å²) in [4.78, 5) is 15.3. The molecule has 0 spiro atoms. The number of fused-ring (bicyclic) bond motifs is 6. The van der Waals surface area contributed by atoms with Gasteiger partial charge >= 0.3 is 0 Å². The lowest BCUT2D eigenvalue weighted by Crippen LogP contribution is -2.54. The Kier molecular flexibility index (Phi) is 3.56. The molecule has 0 N–H and O–H groups in total. The highest BCUT2D eigenvalue weighted by atomic mass is 32.1. The average molecular weight is 368 g/mol. The van der Waals surface area contributed by atoms with Crippen molar-refractivity contribution in [3.05, 3.63) is 20.9 Å². The minimum absolute atomic E-state index is 0.0162. The summed E-state index contributed by atoms with van der Waals surface area (Å²) in [6, 6.07) is 2.48. The van der Waals surface area contributed by atoms with E-state index < -0.39 is 0 Å². The minimum Gasteiger partial charge on any atom is -0.299 e. The Morgan fingerprint density at radius 2 is 1.96 bits per heavy atom. The number of nitrogens with zero attached hydrogens (tertiary/aromatic N) is 1. The third kappa shape index (κ3) is 2.00. The Morgan fingerprint density at radius 1 is 1.15 bits per heavy atom. The molecule has 0 aromatic carbocycles. The number of carbonyl (C=O) groups is 1. The van der Waals surface area contributed by atoms with Crippen LogP contribution in [0.1, 0.15) is 73.3 Å². The van der Waals surface area contributed by atoms with Crippen molar-refractivity contribution >= 4 is 17.1 Å². The first-order chi connectivity index (χ1) is 12.4. The zero-order valence-electron chi connectivity index (χ0n) is 16.2. The van der Waals surface area contributed by atoms with Crippen LogP contribution in [-0.2, 0) is 17.6 Å². The number of Topliss-reactive ketones (excluding diaryl/α,β-unsaturated/α-hetero) is 1. The van der Waals surface area contributed by atoms with Crippen molar-refractivity contribution in [2.45, 2.75) is 72.1 Å². The van der Waals surface area contributed by atoms with Crippen molar-refractivity contribution in [3.63, 3.8) is 0 Å². The molecule has 2 nitrogen and oxygen atoms in total. The second kappa shape index (κ2) is 5.44. The van der Waals surface area contributed by atoms with Gasteiger partial charge in [0.1, 0.15) is 11.9 Å². The lowest BCUT2D eigenvalue weighted by atomic mass is 9.45. The number of carbonyl (C=O) groups excluding carboxylic acids is 1. The molecule has 4 aliphatic rings. The van der Waals surface area contributed by atoms with Gasteiger partial charge in [0.15, 0.2) is 0 Å². The van der Waals surface area contributed by atoms with Crippen LogP contribution in [0.15, 0.2) is 0 Å². The van der Waals surface area contributed by atoms with Gasteiger partial charge in [0.05, 0.1) is 5.56 Å². The molecule has 5 rings (SSSR count). The first-order valence-corrected chi connectivity index (χ1v) is 11.2. The van der Waals surface area contributed by atoms with E-state index in [0.29, 0.717) is 17.1 Å². The lowest BCUT2D eigenvalue weighted by Gasteiger charge is -2.59. The van der Waals surface area contributed by atoms with E-state index in [1.54, 1.807) is 0 Å². The second-order valence-electron chi connectivity index (χ2n) is 10.0. The predicted molar refractivity (Wildman–Crippen MR) is 104 cm³/mol. The Labute approximate surface area is 161 Å². The standard InChI is InChI=1S/C23H29NOS/c1-13-17(12-24)16-10-14-4-5-15-18-6-7-21(25)22(18,2)9-8-19(15)23(14,3)11-20(16)26-13/h14-15,18-19H,4-11H2,1-3H3/t14-,15+,18-,19-,22+,23+/m0/s1. The van der Waals surface area contributed by atoms with Gasteiger partial charge in [0.2, 0.25) is 0 Å². The van der Waals surface area contributed by atoms with Gasteiger partial charge in [-0.05, 0) is 86.5 Å². The molecule has 0 aliphatic heterocycles. The van der Waals surface area contributed by atoms with Crippen molar-refractivity contribution in [3.8, 4) is 6.07 Å². The van der Waals surface area contributed by atoms with Crippen molar-refractivity contribution in [1.29, 1.82) is 5.26 Å². The van der Waals surface area contributed by atoms with Gasteiger partial charge < -0.3 is 0 Å². The van der Waals surface area contributed by atoms with E-state index in [4.69, 9.17) is 0 Å². The van der Waals surface area contributed by atoms with Crippen LogP contribution in [0, 0.1) is 52.8 Å². The van der Waals surface area contributed by atoms with E-state index in [2.05, 4.69) is 26.8 Å².